The Morgan fingerprint density at radius 3 is 2.30 bits per heavy atom. The van der Waals surface area contributed by atoms with Crippen molar-refractivity contribution in [1.29, 1.82) is 0 Å². The molecule has 1 aromatic heterocycles. The van der Waals surface area contributed by atoms with Crippen LogP contribution in [0.2, 0.25) is 0 Å². The molecule has 3 aromatic rings. The summed E-state index contributed by atoms with van der Waals surface area (Å²) in [6.07, 6.45) is 0.685. The molecule has 8 heteroatoms. The van der Waals surface area contributed by atoms with Gasteiger partial charge in [-0.3, -0.25) is 0 Å². The van der Waals surface area contributed by atoms with Gasteiger partial charge in [0.15, 0.2) is 0 Å². The van der Waals surface area contributed by atoms with Crippen molar-refractivity contribution in [1.82, 2.24) is 19.4 Å². The molecule has 1 unspecified atom stereocenters. The first-order chi connectivity index (χ1) is 17.8. The molecule has 2 heterocycles. The topological polar surface area (TPSA) is 76.6 Å². The largest absolute Gasteiger partial charge is 0.378 e. The lowest BCUT2D eigenvalue weighted by atomic mass is 9.84. The third-order valence-electron chi connectivity index (χ3n) is 6.63. The molecule has 198 valence electrons. The fraction of sp³-hybridized carbons (Fsp3) is 0.448. The lowest BCUT2D eigenvalue weighted by molar-refractivity contribution is 0.0233. The highest BCUT2D eigenvalue weighted by molar-refractivity contribution is 5.75. The van der Waals surface area contributed by atoms with Crippen molar-refractivity contribution < 1.29 is 13.9 Å². The Morgan fingerprint density at radius 2 is 1.70 bits per heavy atom. The smallest absolute Gasteiger partial charge is 0.320 e. The number of benzene rings is 2. The van der Waals surface area contributed by atoms with Gasteiger partial charge >= 0.3 is 6.03 Å². The van der Waals surface area contributed by atoms with E-state index in [-0.39, 0.29) is 19.1 Å². The molecule has 1 saturated heterocycles. The van der Waals surface area contributed by atoms with Crippen molar-refractivity contribution >= 4 is 6.03 Å². The zero-order valence-electron chi connectivity index (χ0n) is 22.0. The second kappa shape index (κ2) is 11.9. The first-order valence-electron chi connectivity index (χ1n) is 12.9. The van der Waals surface area contributed by atoms with Crippen molar-refractivity contribution in [2.75, 3.05) is 39.4 Å². The van der Waals surface area contributed by atoms with Gasteiger partial charge in [-0.15, -0.1) is 0 Å². The molecule has 0 spiro atoms. The molecule has 0 bridgehead atoms. The Balaban J connectivity index is 1.83. The summed E-state index contributed by atoms with van der Waals surface area (Å²) in [7, 11) is 0. The number of carbonyl (C=O) groups excluding carboxylic acids is 1. The van der Waals surface area contributed by atoms with Crippen LogP contribution in [-0.2, 0) is 11.3 Å². The van der Waals surface area contributed by atoms with E-state index in [2.05, 4.69) is 37.5 Å². The standard InChI is InChI=1S/C29H38FN5O2/c1-29(2,3)26(35(20-24(30)18-31)28(36)33-14-16-37-17-15-33)27-32-25(23-12-8-5-9-13-23)21-34(27)19-22-10-6-4-7-11-22/h4-13,21,24,26H,14-20,31H2,1-3H3/t24?,26-/m0/s1. The van der Waals surface area contributed by atoms with Crippen molar-refractivity contribution in [3.8, 4) is 11.3 Å². The number of nitrogens with two attached hydrogens (primary N) is 1. The minimum Gasteiger partial charge on any atom is -0.378 e. The molecule has 0 saturated carbocycles. The number of rotatable bonds is 8. The highest BCUT2D eigenvalue weighted by atomic mass is 19.1. The molecule has 2 atom stereocenters. The van der Waals surface area contributed by atoms with Gasteiger partial charge in [0.05, 0.1) is 31.5 Å². The number of amides is 2. The van der Waals surface area contributed by atoms with E-state index in [0.717, 1.165) is 22.6 Å². The monoisotopic (exact) mass is 507 g/mol. The second-order valence-corrected chi connectivity index (χ2v) is 10.6. The Kier molecular flexibility index (Phi) is 8.61. The Labute approximate surface area is 219 Å². The van der Waals surface area contributed by atoms with E-state index in [9.17, 15) is 9.18 Å². The Morgan fingerprint density at radius 1 is 1.08 bits per heavy atom. The van der Waals surface area contributed by atoms with E-state index < -0.39 is 17.6 Å². The quantitative estimate of drug-likeness (QED) is 0.478. The average molecular weight is 508 g/mol. The molecular weight excluding hydrogens is 469 g/mol. The number of hydrogen-bond acceptors (Lipinski definition) is 4. The molecule has 7 nitrogen and oxygen atoms in total. The zero-order chi connectivity index (χ0) is 26.4. The van der Waals surface area contributed by atoms with E-state index >= 15 is 0 Å². The predicted molar refractivity (Wildman–Crippen MR) is 144 cm³/mol. The average Bonchev–Trinajstić information content (AvgIpc) is 3.31. The molecule has 2 amide bonds. The van der Waals surface area contributed by atoms with Crippen molar-refractivity contribution in [3.05, 3.63) is 78.2 Å². The molecule has 2 aromatic carbocycles. The zero-order valence-corrected chi connectivity index (χ0v) is 22.0. The summed E-state index contributed by atoms with van der Waals surface area (Å²) in [6, 6.07) is 19.4. The maximum atomic E-state index is 14.9. The molecule has 1 aliphatic rings. The van der Waals surface area contributed by atoms with Crippen LogP contribution < -0.4 is 5.73 Å². The third-order valence-corrected chi connectivity index (χ3v) is 6.63. The van der Waals surface area contributed by atoms with E-state index in [1.807, 2.05) is 54.7 Å². The summed E-state index contributed by atoms with van der Waals surface area (Å²) < 4.78 is 22.5. The normalized spacial score (nSPS) is 15.9. The fourth-order valence-electron chi connectivity index (χ4n) is 4.82. The maximum absolute atomic E-state index is 14.9. The van der Waals surface area contributed by atoms with Gasteiger partial charge in [-0.25, -0.2) is 14.2 Å². The molecule has 1 fully saturated rings. The highest BCUT2D eigenvalue weighted by Gasteiger charge is 2.41. The summed E-state index contributed by atoms with van der Waals surface area (Å²) in [4.78, 5) is 22.4. The SMILES string of the molecule is CC(C)(C)[C@H](c1nc(-c2ccccc2)cn1Cc1ccccc1)N(CC(F)CN)C(=O)N1CCOCC1. The number of ether oxygens (including phenoxy) is 1. The van der Waals surface area contributed by atoms with E-state index in [0.29, 0.717) is 32.8 Å². The van der Waals surface area contributed by atoms with Gasteiger partial charge in [0, 0.05) is 37.9 Å². The van der Waals surface area contributed by atoms with Crippen molar-refractivity contribution in [2.24, 2.45) is 11.1 Å². The molecule has 0 radical (unpaired) electrons. The number of halogens is 1. The number of imidazole rings is 1. The Bertz CT molecular complexity index is 1140. The van der Waals surface area contributed by atoms with Crippen LogP contribution >= 0.6 is 0 Å². The molecule has 37 heavy (non-hydrogen) atoms. The van der Waals surface area contributed by atoms with E-state index in [1.54, 1.807) is 9.80 Å². The molecule has 2 N–H and O–H groups in total. The van der Waals surface area contributed by atoms with Gasteiger partial charge in [0.2, 0.25) is 0 Å². The van der Waals surface area contributed by atoms with Gasteiger partial charge < -0.3 is 24.8 Å². The maximum Gasteiger partial charge on any atom is 0.320 e. The number of carbonyl (C=O) groups is 1. The number of hydrogen-bond donors (Lipinski definition) is 1. The van der Waals surface area contributed by atoms with Gasteiger partial charge in [0.25, 0.3) is 0 Å². The number of urea groups is 1. The van der Waals surface area contributed by atoms with Crippen LogP contribution in [0, 0.1) is 5.41 Å². The van der Waals surface area contributed by atoms with E-state index in [4.69, 9.17) is 15.5 Å². The van der Waals surface area contributed by atoms with Gasteiger partial charge in [-0.1, -0.05) is 81.4 Å². The molecule has 4 rings (SSSR count). The minimum absolute atomic E-state index is 0.104. The van der Waals surface area contributed by atoms with Gasteiger partial charge in [-0.2, -0.15) is 0 Å². The molecule has 1 aliphatic heterocycles. The summed E-state index contributed by atoms with van der Waals surface area (Å²) in [6.45, 7) is 8.40. The second-order valence-electron chi connectivity index (χ2n) is 10.6. The highest BCUT2D eigenvalue weighted by Crippen LogP contribution is 2.40. The summed E-state index contributed by atoms with van der Waals surface area (Å²) in [5.74, 6) is 0.723. The summed E-state index contributed by atoms with van der Waals surface area (Å²) in [5.41, 5.74) is 8.17. The fourth-order valence-corrected chi connectivity index (χ4v) is 4.82. The van der Waals surface area contributed by atoms with Gasteiger partial charge in [0.1, 0.15) is 12.0 Å². The molecule has 0 aliphatic carbocycles. The minimum atomic E-state index is -1.35. The van der Waals surface area contributed by atoms with Crippen LogP contribution in [-0.4, -0.2) is 70.9 Å². The number of alkyl halides is 1. The summed E-state index contributed by atoms with van der Waals surface area (Å²) in [5, 5.41) is 0. The third kappa shape index (κ3) is 6.56. The van der Waals surface area contributed by atoms with Crippen LogP contribution in [0.1, 0.15) is 38.2 Å². The van der Waals surface area contributed by atoms with Gasteiger partial charge in [-0.05, 0) is 11.0 Å². The van der Waals surface area contributed by atoms with Crippen LogP contribution in [0.3, 0.4) is 0 Å². The number of nitrogens with zero attached hydrogens (tertiary/aromatic N) is 4. The number of morpholine rings is 1. The first-order valence-corrected chi connectivity index (χ1v) is 12.9. The van der Waals surface area contributed by atoms with Crippen LogP contribution in [0.25, 0.3) is 11.3 Å². The van der Waals surface area contributed by atoms with Crippen molar-refractivity contribution in [3.63, 3.8) is 0 Å². The van der Waals surface area contributed by atoms with Crippen molar-refractivity contribution in [2.45, 2.75) is 39.5 Å². The lowest BCUT2D eigenvalue weighted by Crippen LogP contribution is -2.53. The van der Waals surface area contributed by atoms with Crippen LogP contribution in [0.15, 0.2) is 66.9 Å². The predicted octanol–water partition coefficient (Wildman–Crippen LogP) is 4.74. The van der Waals surface area contributed by atoms with Crippen LogP contribution in [0.4, 0.5) is 9.18 Å². The number of aromatic nitrogens is 2. The van der Waals surface area contributed by atoms with Crippen LogP contribution in [0.5, 0.6) is 0 Å². The molecular formula is C29H38FN5O2. The summed E-state index contributed by atoms with van der Waals surface area (Å²) >= 11 is 0. The van der Waals surface area contributed by atoms with E-state index in [1.165, 1.54) is 0 Å². The Hall–Kier alpha value is -3.23. The lowest BCUT2D eigenvalue weighted by Gasteiger charge is -2.43. The first kappa shape index (κ1) is 26.8.